The number of benzene rings is 1. The second kappa shape index (κ2) is 7.47. The van der Waals surface area contributed by atoms with E-state index in [9.17, 15) is 21.6 Å². The van der Waals surface area contributed by atoms with Gasteiger partial charge >= 0.3 is 0 Å². The van der Waals surface area contributed by atoms with Crippen LogP contribution in [0.4, 0.5) is 0 Å². The van der Waals surface area contributed by atoms with Gasteiger partial charge in [0.15, 0.2) is 5.76 Å². The maximum Gasteiger partial charge on any atom is 0.289 e. The second-order valence-electron chi connectivity index (χ2n) is 6.69. The molecule has 0 saturated carbocycles. The molecule has 0 N–H and O–H groups in total. The summed E-state index contributed by atoms with van der Waals surface area (Å²) < 4.78 is 56.5. The maximum atomic E-state index is 12.7. The van der Waals surface area contributed by atoms with Gasteiger partial charge in [-0.15, -0.1) is 0 Å². The van der Waals surface area contributed by atoms with Gasteiger partial charge in [0.1, 0.15) is 5.58 Å². The average molecular weight is 430 g/mol. The minimum absolute atomic E-state index is 0.0305. The van der Waals surface area contributed by atoms with Crippen molar-refractivity contribution in [1.29, 1.82) is 0 Å². The highest BCUT2D eigenvalue weighted by molar-refractivity contribution is 7.89. The predicted octanol–water partition coefficient (Wildman–Crippen LogP) is 0.791. The molecule has 0 radical (unpaired) electrons. The number of sulfonamides is 2. The van der Waals surface area contributed by atoms with Crippen LogP contribution in [0.5, 0.6) is 0 Å². The van der Waals surface area contributed by atoms with Crippen LogP contribution in [0, 0.1) is 0 Å². The molecule has 0 unspecified atom stereocenters. The van der Waals surface area contributed by atoms with Crippen LogP contribution in [0.1, 0.15) is 17.5 Å². The lowest BCUT2D eigenvalue weighted by molar-refractivity contribution is 0.0668. The number of piperazine rings is 1. The Morgan fingerprint density at radius 3 is 2.29 bits per heavy atom. The van der Waals surface area contributed by atoms with Gasteiger partial charge in [0.05, 0.1) is 10.6 Å². The third-order valence-electron chi connectivity index (χ3n) is 4.76. The van der Waals surface area contributed by atoms with Crippen LogP contribution in [-0.2, 0) is 20.0 Å². The van der Waals surface area contributed by atoms with E-state index >= 15 is 0 Å². The molecule has 1 aliphatic heterocycles. The van der Waals surface area contributed by atoms with E-state index in [0.717, 1.165) is 4.31 Å². The van der Waals surface area contributed by atoms with Gasteiger partial charge < -0.3 is 9.32 Å². The molecule has 1 aromatic carbocycles. The summed E-state index contributed by atoms with van der Waals surface area (Å²) in [5, 5.41) is 0.512. The van der Waals surface area contributed by atoms with Crippen LogP contribution in [0.3, 0.4) is 0 Å². The van der Waals surface area contributed by atoms with E-state index in [1.54, 1.807) is 6.92 Å². The van der Waals surface area contributed by atoms with Gasteiger partial charge in [-0.1, -0.05) is 0 Å². The third-order valence-corrected chi connectivity index (χ3v) is 8.45. The molecular formula is C17H23N3O6S2. The topological polar surface area (TPSA) is 108 Å². The molecule has 2 heterocycles. The summed E-state index contributed by atoms with van der Waals surface area (Å²) in [5.74, 6) is -0.217. The summed E-state index contributed by atoms with van der Waals surface area (Å²) in [5.41, 5.74) is 0.410. The van der Waals surface area contributed by atoms with Crippen molar-refractivity contribution in [3.8, 4) is 0 Å². The number of hydrogen-bond acceptors (Lipinski definition) is 6. The molecule has 1 aliphatic rings. The molecule has 0 aliphatic carbocycles. The van der Waals surface area contributed by atoms with Crippen molar-refractivity contribution in [2.24, 2.45) is 0 Å². The van der Waals surface area contributed by atoms with Crippen LogP contribution in [-0.4, -0.2) is 82.3 Å². The van der Waals surface area contributed by atoms with Crippen molar-refractivity contribution < 1.29 is 26.0 Å². The van der Waals surface area contributed by atoms with Gasteiger partial charge in [0.2, 0.25) is 20.0 Å². The van der Waals surface area contributed by atoms with E-state index < -0.39 is 20.0 Å². The molecule has 0 atom stereocenters. The van der Waals surface area contributed by atoms with Gasteiger partial charge in [-0.05, 0) is 31.2 Å². The number of nitrogens with zero attached hydrogens (tertiary/aromatic N) is 3. The first kappa shape index (κ1) is 20.8. The number of rotatable bonds is 5. The number of carbonyl (C=O) groups is 1. The fourth-order valence-corrected chi connectivity index (χ4v) is 5.03. The molecule has 9 nitrogen and oxygen atoms in total. The molecule has 1 aromatic heterocycles. The Kier molecular flexibility index (Phi) is 5.54. The van der Waals surface area contributed by atoms with Crippen LogP contribution >= 0.6 is 0 Å². The summed E-state index contributed by atoms with van der Waals surface area (Å²) in [6, 6.07) is 5.94. The highest BCUT2D eigenvalue weighted by atomic mass is 32.2. The molecule has 2 aromatic rings. The first-order chi connectivity index (χ1) is 13.1. The lowest BCUT2D eigenvalue weighted by Crippen LogP contribution is -2.50. The van der Waals surface area contributed by atoms with Gasteiger partial charge in [0.25, 0.3) is 5.91 Å². The van der Waals surface area contributed by atoms with Crippen LogP contribution in [0.25, 0.3) is 11.0 Å². The third kappa shape index (κ3) is 3.79. The lowest BCUT2D eigenvalue weighted by atomic mass is 10.2. The molecule has 3 rings (SSSR count). The number of amides is 1. The predicted molar refractivity (Wildman–Crippen MR) is 104 cm³/mol. The Bertz CT molecular complexity index is 1100. The standard InChI is InChI=1S/C17H23N3O6S2/c1-4-27(22,23)20-9-7-19(8-10-20)17(21)16-12-13-11-14(5-6-15(13)26-16)28(24,25)18(2)3/h5-6,11-12H,4,7-10H2,1-3H3. The van der Waals surface area contributed by atoms with Crippen LogP contribution in [0.2, 0.25) is 0 Å². The SMILES string of the molecule is CCS(=O)(=O)N1CCN(C(=O)c2cc3cc(S(=O)(=O)N(C)C)ccc3o2)CC1. The monoisotopic (exact) mass is 429 g/mol. The molecule has 0 spiro atoms. The van der Waals surface area contributed by atoms with Gasteiger partial charge in [-0.3, -0.25) is 4.79 Å². The zero-order valence-electron chi connectivity index (χ0n) is 16.0. The molecule has 1 saturated heterocycles. The Balaban J connectivity index is 1.80. The fourth-order valence-electron chi connectivity index (χ4n) is 3.01. The second-order valence-corrected chi connectivity index (χ2v) is 11.1. The Morgan fingerprint density at radius 1 is 1.07 bits per heavy atom. The van der Waals surface area contributed by atoms with E-state index in [-0.39, 0.29) is 48.5 Å². The minimum atomic E-state index is -3.59. The maximum absolute atomic E-state index is 12.7. The van der Waals surface area contributed by atoms with Crippen molar-refractivity contribution >= 4 is 36.9 Å². The van der Waals surface area contributed by atoms with E-state index in [4.69, 9.17) is 4.42 Å². The summed E-state index contributed by atoms with van der Waals surface area (Å²) in [6.07, 6.45) is 0. The average Bonchev–Trinajstić information content (AvgIpc) is 3.10. The Hall–Kier alpha value is -1.95. The number of fused-ring (bicyclic) bond motifs is 1. The van der Waals surface area contributed by atoms with Crippen molar-refractivity contribution in [3.63, 3.8) is 0 Å². The highest BCUT2D eigenvalue weighted by Gasteiger charge is 2.29. The normalized spacial score (nSPS) is 16.8. The largest absolute Gasteiger partial charge is 0.451 e. The summed E-state index contributed by atoms with van der Waals surface area (Å²) in [6.45, 7) is 2.62. The van der Waals surface area contributed by atoms with E-state index in [0.29, 0.717) is 11.0 Å². The Morgan fingerprint density at radius 2 is 1.71 bits per heavy atom. The van der Waals surface area contributed by atoms with Gasteiger partial charge in [0, 0.05) is 45.7 Å². The Labute approximate surface area is 164 Å². The summed E-state index contributed by atoms with van der Waals surface area (Å²) in [4.78, 5) is 14.4. The van der Waals surface area contributed by atoms with E-state index in [2.05, 4.69) is 0 Å². The highest BCUT2D eigenvalue weighted by Crippen LogP contribution is 2.25. The number of furan rings is 1. The van der Waals surface area contributed by atoms with Crippen LogP contribution in [0.15, 0.2) is 33.6 Å². The zero-order valence-corrected chi connectivity index (χ0v) is 17.6. The van der Waals surface area contributed by atoms with Crippen molar-refractivity contribution in [3.05, 3.63) is 30.0 Å². The van der Waals surface area contributed by atoms with Crippen LogP contribution < -0.4 is 0 Å². The molecule has 0 bridgehead atoms. The molecule has 28 heavy (non-hydrogen) atoms. The number of hydrogen-bond donors (Lipinski definition) is 0. The summed E-state index contributed by atoms with van der Waals surface area (Å²) in [7, 11) is -3.97. The van der Waals surface area contributed by atoms with Gasteiger partial charge in [-0.2, -0.15) is 4.31 Å². The van der Waals surface area contributed by atoms with Crippen molar-refractivity contribution in [2.75, 3.05) is 46.0 Å². The van der Waals surface area contributed by atoms with Gasteiger partial charge in [-0.25, -0.2) is 21.1 Å². The van der Waals surface area contributed by atoms with E-state index in [1.165, 1.54) is 47.6 Å². The first-order valence-corrected chi connectivity index (χ1v) is 11.8. The lowest BCUT2D eigenvalue weighted by Gasteiger charge is -2.33. The quantitative estimate of drug-likeness (QED) is 0.695. The van der Waals surface area contributed by atoms with E-state index in [1.807, 2.05) is 0 Å². The smallest absolute Gasteiger partial charge is 0.289 e. The number of carbonyl (C=O) groups excluding carboxylic acids is 1. The molecule has 11 heteroatoms. The molecule has 1 amide bonds. The molecule has 1 fully saturated rings. The van der Waals surface area contributed by atoms with Crippen molar-refractivity contribution in [1.82, 2.24) is 13.5 Å². The first-order valence-electron chi connectivity index (χ1n) is 8.79. The fraction of sp³-hybridized carbons (Fsp3) is 0.471. The molecular weight excluding hydrogens is 406 g/mol. The molecule has 154 valence electrons. The van der Waals surface area contributed by atoms with Crippen molar-refractivity contribution in [2.45, 2.75) is 11.8 Å². The summed E-state index contributed by atoms with van der Waals surface area (Å²) >= 11 is 0. The zero-order chi connectivity index (χ0) is 20.7. The minimum Gasteiger partial charge on any atom is -0.451 e.